The smallest absolute Gasteiger partial charge is 0.303 e. The Hall–Kier alpha value is -2.95. The van der Waals surface area contributed by atoms with Crippen molar-refractivity contribution in [1.29, 1.82) is 0 Å². The molecule has 0 radical (unpaired) electrons. The molecule has 2 aromatic carbocycles. The van der Waals surface area contributed by atoms with Gasteiger partial charge in [-0.15, -0.1) is 0 Å². The number of rotatable bonds is 3. The summed E-state index contributed by atoms with van der Waals surface area (Å²) in [5.74, 6) is -0.902. The fourth-order valence-corrected chi connectivity index (χ4v) is 2.23. The highest BCUT2D eigenvalue weighted by Crippen LogP contribution is 2.18. The second-order valence-corrected chi connectivity index (χ2v) is 4.88. The molecular formula is C17H13FN2O2. The summed E-state index contributed by atoms with van der Waals surface area (Å²) in [5, 5.41) is 2.52. The number of nitrogens with one attached hydrogen (secondary N) is 1. The number of halogens is 1. The lowest BCUT2D eigenvalue weighted by Crippen LogP contribution is -2.30. The highest BCUT2D eigenvalue weighted by molar-refractivity contribution is 6.13. The third-order valence-corrected chi connectivity index (χ3v) is 3.36. The van der Waals surface area contributed by atoms with Crippen LogP contribution < -0.4 is 5.32 Å². The Kier molecular flexibility index (Phi) is 3.70. The van der Waals surface area contributed by atoms with Gasteiger partial charge in [-0.2, -0.15) is 0 Å². The van der Waals surface area contributed by atoms with E-state index in [-0.39, 0.29) is 12.2 Å². The summed E-state index contributed by atoms with van der Waals surface area (Å²) >= 11 is 0. The van der Waals surface area contributed by atoms with Crippen molar-refractivity contribution < 1.29 is 14.0 Å². The topological polar surface area (TPSA) is 49.4 Å². The van der Waals surface area contributed by atoms with Gasteiger partial charge in [0, 0.05) is 5.56 Å². The van der Waals surface area contributed by atoms with Crippen LogP contribution in [0, 0.1) is 5.82 Å². The lowest BCUT2D eigenvalue weighted by atomic mass is 10.2. The van der Waals surface area contributed by atoms with Crippen LogP contribution in [0.3, 0.4) is 0 Å². The number of carbonyl (C=O) groups excluding carboxylic acids is 2. The van der Waals surface area contributed by atoms with E-state index in [4.69, 9.17) is 0 Å². The molecule has 1 aliphatic heterocycles. The molecule has 0 spiro atoms. The predicted octanol–water partition coefficient (Wildman–Crippen LogP) is 2.92. The molecule has 0 unspecified atom stereocenters. The van der Waals surface area contributed by atoms with Gasteiger partial charge in [0.25, 0.3) is 5.91 Å². The summed E-state index contributed by atoms with van der Waals surface area (Å²) < 4.78 is 13.7. The molecule has 0 aromatic heterocycles. The second kappa shape index (κ2) is 5.81. The Labute approximate surface area is 126 Å². The molecule has 0 aliphatic carbocycles. The number of hydrogen-bond donors (Lipinski definition) is 1. The SMILES string of the molecule is O=C1NC(=Cc2ccccc2)C(=O)N1Cc1ccccc1F. The molecule has 1 N–H and O–H groups in total. The van der Waals surface area contributed by atoms with E-state index in [0.29, 0.717) is 5.56 Å². The van der Waals surface area contributed by atoms with Gasteiger partial charge in [-0.1, -0.05) is 48.5 Å². The lowest BCUT2D eigenvalue weighted by Gasteiger charge is -2.12. The molecule has 3 amide bonds. The minimum Gasteiger partial charge on any atom is -0.303 e. The third-order valence-electron chi connectivity index (χ3n) is 3.36. The molecule has 2 aromatic rings. The summed E-state index contributed by atoms with van der Waals surface area (Å²) in [4.78, 5) is 25.2. The van der Waals surface area contributed by atoms with Crippen LogP contribution in [-0.4, -0.2) is 16.8 Å². The molecular weight excluding hydrogens is 283 g/mol. The molecule has 1 heterocycles. The first kappa shape index (κ1) is 14.0. The molecule has 4 nitrogen and oxygen atoms in total. The first-order valence-electron chi connectivity index (χ1n) is 6.78. The summed E-state index contributed by atoms with van der Waals surface area (Å²) in [6.07, 6.45) is 1.60. The zero-order valence-electron chi connectivity index (χ0n) is 11.6. The zero-order chi connectivity index (χ0) is 15.5. The number of hydrogen-bond acceptors (Lipinski definition) is 2. The van der Waals surface area contributed by atoms with E-state index in [1.165, 1.54) is 6.07 Å². The highest BCUT2D eigenvalue weighted by atomic mass is 19.1. The van der Waals surface area contributed by atoms with Crippen molar-refractivity contribution in [2.24, 2.45) is 0 Å². The Balaban J connectivity index is 1.83. The van der Waals surface area contributed by atoms with Crippen molar-refractivity contribution in [3.05, 3.63) is 77.2 Å². The Bertz CT molecular complexity index is 756. The molecule has 5 heteroatoms. The fraction of sp³-hybridized carbons (Fsp3) is 0.0588. The van der Waals surface area contributed by atoms with Gasteiger partial charge in [-0.3, -0.25) is 9.69 Å². The molecule has 22 heavy (non-hydrogen) atoms. The standard InChI is InChI=1S/C17H13FN2O2/c18-14-9-5-4-8-13(14)11-20-16(21)15(19-17(20)22)10-12-6-2-1-3-7-12/h1-10H,11H2,(H,19,22). The van der Waals surface area contributed by atoms with Crippen LogP contribution in [0.15, 0.2) is 60.3 Å². The van der Waals surface area contributed by atoms with Gasteiger partial charge < -0.3 is 5.32 Å². The molecule has 0 saturated carbocycles. The lowest BCUT2D eigenvalue weighted by molar-refractivity contribution is -0.123. The minimum absolute atomic E-state index is 0.0938. The maximum Gasteiger partial charge on any atom is 0.329 e. The van der Waals surface area contributed by atoms with Crippen molar-refractivity contribution in [2.45, 2.75) is 6.54 Å². The van der Waals surface area contributed by atoms with Gasteiger partial charge in [0.05, 0.1) is 6.54 Å². The Morgan fingerprint density at radius 3 is 2.41 bits per heavy atom. The van der Waals surface area contributed by atoms with Crippen LogP contribution in [0.2, 0.25) is 0 Å². The number of amides is 3. The van der Waals surface area contributed by atoms with Crippen LogP contribution >= 0.6 is 0 Å². The van der Waals surface area contributed by atoms with E-state index in [0.717, 1.165) is 10.5 Å². The van der Waals surface area contributed by atoms with E-state index < -0.39 is 17.8 Å². The fourth-order valence-electron chi connectivity index (χ4n) is 2.23. The zero-order valence-corrected chi connectivity index (χ0v) is 11.6. The summed E-state index contributed by atoms with van der Waals surface area (Å²) in [6.45, 7) is -0.0938. The number of nitrogens with zero attached hydrogens (tertiary/aromatic N) is 1. The monoisotopic (exact) mass is 296 g/mol. The van der Waals surface area contributed by atoms with Crippen molar-refractivity contribution in [3.63, 3.8) is 0 Å². The molecule has 1 fully saturated rings. The van der Waals surface area contributed by atoms with E-state index in [1.807, 2.05) is 30.3 Å². The molecule has 1 aliphatic rings. The average Bonchev–Trinajstić information content (AvgIpc) is 2.78. The van der Waals surface area contributed by atoms with Gasteiger partial charge >= 0.3 is 6.03 Å². The third kappa shape index (κ3) is 2.74. The maximum atomic E-state index is 13.7. The van der Waals surface area contributed by atoms with Crippen LogP contribution in [0.1, 0.15) is 11.1 Å². The van der Waals surface area contributed by atoms with Gasteiger partial charge in [-0.25, -0.2) is 9.18 Å². The van der Waals surface area contributed by atoms with E-state index in [9.17, 15) is 14.0 Å². The van der Waals surface area contributed by atoms with Gasteiger partial charge in [0.15, 0.2) is 0 Å². The number of benzene rings is 2. The molecule has 3 rings (SSSR count). The van der Waals surface area contributed by atoms with Crippen molar-refractivity contribution >= 4 is 18.0 Å². The maximum absolute atomic E-state index is 13.7. The van der Waals surface area contributed by atoms with Gasteiger partial charge in [0.1, 0.15) is 11.5 Å². The number of carbonyl (C=O) groups is 2. The predicted molar refractivity (Wildman–Crippen MR) is 79.9 cm³/mol. The van der Waals surface area contributed by atoms with Crippen molar-refractivity contribution in [1.82, 2.24) is 10.2 Å². The van der Waals surface area contributed by atoms with E-state index >= 15 is 0 Å². The molecule has 0 bridgehead atoms. The van der Waals surface area contributed by atoms with Gasteiger partial charge in [-0.05, 0) is 17.7 Å². The van der Waals surface area contributed by atoms with Crippen LogP contribution in [0.25, 0.3) is 6.08 Å². The van der Waals surface area contributed by atoms with Crippen LogP contribution in [-0.2, 0) is 11.3 Å². The summed E-state index contributed by atoms with van der Waals surface area (Å²) in [5.41, 5.74) is 1.29. The van der Waals surface area contributed by atoms with E-state index in [1.54, 1.807) is 24.3 Å². The van der Waals surface area contributed by atoms with Gasteiger partial charge in [0.2, 0.25) is 0 Å². The first-order valence-corrected chi connectivity index (χ1v) is 6.78. The van der Waals surface area contributed by atoms with Crippen molar-refractivity contribution in [2.75, 3.05) is 0 Å². The Morgan fingerprint density at radius 1 is 1.00 bits per heavy atom. The summed E-state index contributed by atoms with van der Waals surface area (Å²) in [6, 6.07) is 14.7. The van der Waals surface area contributed by atoms with Crippen LogP contribution in [0.4, 0.5) is 9.18 Å². The summed E-state index contributed by atoms with van der Waals surface area (Å²) in [7, 11) is 0. The first-order chi connectivity index (χ1) is 10.6. The molecule has 110 valence electrons. The van der Waals surface area contributed by atoms with Crippen LogP contribution in [0.5, 0.6) is 0 Å². The van der Waals surface area contributed by atoms with Crippen molar-refractivity contribution in [3.8, 4) is 0 Å². The highest BCUT2D eigenvalue weighted by Gasteiger charge is 2.33. The van der Waals surface area contributed by atoms with E-state index in [2.05, 4.69) is 5.32 Å². The number of imide groups is 1. The second-order valence-electron chi connectivity index (χ2n) is 4.88. The quantitative estimate of drug-likeness (QED) is 0.699. The average molecular weight is 296 g/mol. The molecule has 1 saturated heterocycles. The largest absolute Gasteiger partial charge is 0.329 e. The normalized spacial score (nSPS) is 16.2. The Morgan fingerprint density at radius 2 is 1.68 bits per heavy atom. The minimum atomic E-state index is -0.546. The number of urea groups is 1. The molecule has 0 atom stereocenters.